The first-order valence-corrected chi connectivity index (χ1v) is 4.50. The lowest BCUT2D eigenvalue weighted by molar-refractivity contribution is -0.172. The molecule has 10 nitrogen and oxygen atoms in total. The number of rotatable bonds is 7. The summed E-state index contributed by atoms with van der Waals surface area (Å²) in [5.74, 6) is -7.36. The van der Waals surface area contributed by atoms with Crippen molar-refractivity contribution in [2.24, 2.45) is 5.41 Å². The summed E-state index contributed by atoms with van der Waals surface area (Å²) in [7, 11) is 0.986. The predicted molar refractivity (Wildman–Crippen MR) is 54.0 cm³/mol. The number of carbonyl (C=O) groups is 5. The molecule has 10 heteroatoms. The van der Waals surface area contributed by atoms with Gasteiger partial charge in [0.2, 0.25) is 6.41 Å². The van der Waals surface area contributed by atoms with Crippen LogP contribution in [0, 0.1) is 5.41 Å². The zero-order valence-electron chi connectivity index (χ0n) is 9.22. The SMILES string of the molecule is CNC(=O)C(C(=O)O)(C(=O)O)C(=O)NCNC=O. The molecule has 100 valence electrons. The van der Waals surface area contributed by atoms with Crippen LogP contribution < -0.4 is 16.0 Å². The van der Waals surface area contributed by atoms with Gasteiger partial charge in [-0.3, -0.25) is 14.4 Å². The third kappa shape index (κ3) is 2.53. The minimum absolute atomic E-state index is 0.198. The molecule has 0 saturated heterocycles. The van der Waals surface area contributed by atoms with Gasteiger partial charge in [0.15, 0.2) is 0 Å². The highest BCUT2D eigenvalue weighted by molar-refractivity contribution is 6.34. The fraction of sp³-hybridized carbons (Fsp3) is 0.375. The second-order valence-corrected chi connectivity index (χ2v) is 2.94. The van der Waals surface area contributed by atoms with E-state index in [-0.39, 0.29) is 6.41 Å². The summed E-state index contributed by atoms with van der Waals surface area (Å²) in [5.41, 5.74) is -3.31. The van der Waals surface area contributed by atoms with Gasteiger partial charge >= 0.3 is 17.4 Å². The van der Waals surface area contributed by atoms with Crippen LogP contribution in [0.15, 0.2) is 0 Å². The van der Waals surface area contributed by atoms with Gasteiger partial charge in [0.25, 0.3) is 11.8 Å². The Hall–Kier alpha value is -2.65. The number of carboxylic acid groups (broad SMARTS) is 2. The van der Waals surface area contributed by atoms with Crippen molar-refractivity contribution in [1.29, 1.82) is 0 Å². The van der Waals surface area contributed by atoms with Gasteiger partial charge in [0.1, 0.15) is 0 Å². The van der Waals surface area contributed by atoms with Crippen molar-refractivity contribution in [1.82, 2.24) is 16.0 Å². The Kier molecular flexibility index (Phi) is 5.27. The van der Waals surface area contributed by atoms with Crippen molar-refractivity contribution in [3.8, 4) is 0 Å². The van der Waals surface area contributed by atoms with Gasteiger partial charge in [-0.05, 0) is 0 Å². The Morgan fingerprint density at radius 1 is 1.11 bits per heavy atom. The van der Waals surface area contributed by atoms with E-state index in [1.54, 1.807) is 10.6 Å². The van der Waals surface area contributed by atoms with Crippen LogP contribution in [0.5, 0.6) is 0 Å². The van der Waals surface area contributed by atoms with Crippen LogP contribution in [-0.2, 0) is 24.0 Å². The molecule has 0 fully saturated rings. The lowest BCUT2D eigenvalue weighted by atomic mass is 9.86. The number of amides is 3. The van der Waals surface area contributed by atoms with Crippen molar-refractivity contribution in [3.05, 3.63) is 0 Å². The Morgan fingerprint density at radius 3 is 1.94 bits per heavy atom. The van der Waals surface area contributed by atoms with E-state index >= 15 is 0 Å². The standard InChI is InChI=1S/C8H11N3O7/c1-9-4(13)8(6(15)16,7(17)18)5(14)11-2-10-3-12/h3H,2H2,1H3,(H,9,13)(H,10,12)(H,11,14)(H,15,16)(H,17,18). The molecule has 0 aliphatic carbocycles. The van der Waals surface area contributed by atoms with Gasteiger partial charge in [-0.1, -0.05) is 0 Å². The van der Waals surface area contributed by atoms with E-state index in [9.17, 15) is 24.0 Å². The fourth-order valence-electron chi connectivity index (χ4n) is 1.08. The Morgan fingerprint density at radius 2 is 1.61 bits per heavy atom. The molecule has 0 aliphatic rings. The molecule has 0 rings (SSSR count). The summed E-state index contributed by atoms with van der Waals surface area (Å²) in [6.07, 6.45) is 0.198. The quantitative estimate of drug-likeness (QED) is 0.139. The molecule has 0 atom stereocenters. The van der Waals surface area contributed by atoms with E-state index in [0.717, 1.165) is 7.05 Å². The highest BCUT2D eigenvalue weighted by Crippen LogP contribution is 2.19. The van der Waals surface area contributed by atoms with Crippen molar-refractivity contribution in [3.63, 3.8) is 0 Å². The van der Waals surface area contributed by atoms with E-state index in [0.29, 0.717) is 0 Å². The Balaban J connectivity index is 5.37. The van der Waals surface area contributed by atoms with Crippen molar-refractivity contribution in [2.45, 2.75) is 0 Å². The molecule has 0 bridgehead atoms. The molecule has 0 aromatic rings. The topological polar surface area (TPSA) is 162 Å². The summed E-state index contributed by atoms with van der Waals surface area (Å²) in [6.45, 7) is -0.512. The zero-order chi connectivity index (χ0) is 14.3. The normalized spacial score (nSPS) is 10.1. The average Bonchev–Trinajstić information content (AvgIpc) is 2.28. The lowest BCUT2D eigenvalue weighted by Gasteiger charge is -2.21. The zero-order valence-corrected chi connectivity index (χ0v) is 9.22. The highest BCUT2D eigenvalue weighted by atomic mass is 16.4. The Labute approximate surface area is 100 Å². The third-order valence-electron chi connectivity index (χ3n) is 1.98. The van der Waals surface area contributed by atoms with Crippen molar-refractivity contribution < 1.29 is 34.2 Å². The molecule has 0 aromatic heterocycles. The molecule has 0 unspecified atom stereocenters. The van der Waals surface area contributed by atoms with Gasteiger partial charge in [0, 0.05) is 7.05 Å². The van der Waals surface area contributed by atoms with E-state index < -0.39 is 35.8 Å². The maximum atomic E-state index is 11.5. The van der Waals surface area contributed by atoms with Crippen molar-refractivity contribution in [2.75, 3.05) is 13.7 Å². The van der Waals surface area contributed by atoms with E-state index in [4.69, 9.17) is 10.2 Å². The molecular weight excluding hydrogens is 250 g/mol. The molecule has 5 N–H and O–H groups in total. The van der Waals surface area contributed by atoms with Crippen LogP contribution in [0.2, 0.25) is 0 Å². The Bertz CT molecular complexity index is 378. The number of carboxylic acids is 2. The summed E-state index contributed by atoms with van der Waals surface area (Å²) in [5, 5.41) is 23.2. The van der Waals surface area contributed by atoms with Gasteiger partial charge in [-0.2, -0.15) is 0 Å². The molecule has 0 radical (unpaired) electrons. The maximum Gasteiger partial charge on any atom is 0.340 e. The summed E-state index contributed by atoms with van der Waals surface area (Å²) >= 11 is 0. The van der Waals surface area contributed by atoms with E-state index in [2.05, 4.69) is 0 Å². The largest absolute Gasteiger partial charge is 0.480 e. The van der Waals surface area contributed by atoms with Crippen LogP contribution in [0.1, 0.15) is 0 Å². The fourth-order valence-corrected chi connectivity index (χ4v) is 1.08. The molecule has 0 heterocycles. The molecule has 0 saturated carbocycles. The summed E-state index contributed by atoms with van der Waals surface area (Å²) < 4.78 is 0. The van der Waals surface area contributed by atoms with Gasteiger partial charge in [-0.15, -0.1) is 0 Å². The van der Waals surface area contributed by atoms with Crippen LogP contribution in [0.4, 0.5) is 0 Å². The first-order valence-electron chi connectivity index (χ1n) is 4.50. The van der Waals surface area contributed by atoms with Gasteiger partial charge in [0.05, 0.1) is 6.67 Å². The number of hydrogen-bond acceptors (Lipinski definition) is 5. The number of hydrogen-bond donors (Lipinski definition) is 5. The number of carbonyl (C=O) groups excluding carboxylic acids is 3. The van der Waals surface area contributed by atoms with Crippen LogP contribution in [0.25, 0.3) is 0 Å². The van der Waals surface area contributed by atoms with Crippen LogP contribution >= 0.6 is 0 Å². The lowest BCUT2D eigenvalue weighted by Crippen LogP contribution is -2.61. The smallest absolute Gasteiger partial charge is 0.340 e. The summed E-state index contributed by atoms with van der Waals surface area (Å²) in [6, 6.07) is 0. The molecule has 0 aromatic carbocycles. The van der Waals surface area contributed by atoms with E-state index in [1.165, 1.54) is 0 Å². The third-order valence-corrected chi connectivity index (χ3v) is 1.98. The highest BCUT2D eigenvalue weighted by Gasteiger charge is 2.60. The van der Waals surface area contributed by atoms with Crippen molar-refractivity contribution >= 4 is 30.2 Å². The average molecular weight is 261 g/mol. The van der Waals surface area contributed by atoms with Gasteiger partial charge in [-0.25, -0.2) is 9.59 Å². The molecule has 18 heavy (non-hydrogen) atoms. The molecular formula is C8H11N3O7. The molecule has 3 amide bonds. The predicted octanol–water partition coefficient (Wildman–Crippen LogP) is -3.29. The minimum Gasteiger partial charge on any atom is -0.480 e. The minimum atomic E-state index is -3.31. The van der Waals surface area contributed by atoms with E-state index in [1.807, 2.05) is 5.32 Å². The maximum absolute atomic E-state index is 11.5. The summed E-state index contributed by atoms with van der Waals surface area (Å²) in [4.78, 5) is 54.7. The first-order chi connectivity index (χ1) is 8.35. The monoisotopic (exact) mass is 261 g/mol. The molecule has 0 spiro atoms. The van der Waals surface area contributed by atoms with Crippen LogP contribution in [-0.4, -0.2) is 54.1 Å². The number of aliphatic carboxylic acids is 2. The van der Waals surface area contributed by atoms with Crippen LogP contribution in [0.3, 0.4) is 0 Å². The molecule has 0 aliphatic heterocycles. The first kappa shape index (κ1) is 15.3. The van der Waals surface area contributed by atoms with Gasteiger partial charge < -0.3 is 26.2 Å². The number of nitrogens with one attached hydrogen (secondary N) is 3. The second-order valence-electron chi connectivity index (χ2n) is 2.94. The second kappa shape index (κ2) is 6.18.